The minimum atomic E-state index is -0.104. The van der Waals surface area contributed by atoms with Gasteiger partial charge in [-0.1, -0.05) is 26.2 Å². The number of aromatic nitrogens is 4. The Hall–Kier alpha value is -0.920. The van der Waals surface area contributed by atoms with Crippen LogP contribution < -0.4 is 5.56 Å². The molecule has 17 heavy (non-hydrogen) atoms. The van der Waals surface area contributed by atoms with Crippen LogP contribution in [0.15, 0.2) is 11.1 Å². The van der Waals surface area contributed by atoms with Crippen LogP contribution in [0.3, 0.4) is 0 Å². The van der Waals surface area contributed by atoms with E-state index in [4.69, 9.17) is 0 Å². The largest absolute Gasteiger partial charge is 0.307 e. The maximum Gasteiger partial charge on any atom is 0.278 e. The monoisotopic (exact) mass is 346 g/mol. The van der Waals surface area contributed by atoms with Crippen LogP contribution in [0, 0.1) is 3.70 Å². The van der Waals surface area contributed by atoms with E-state index in [-0.39, 0.29) is 5.56 Å². The maximum atomic E-state index is 11.8. The molecule has 0 saturated carbocycles. The van der Waals surface area contributed by atoms with E-state index in [0.717, 1.165) is 18.7 Å². The lowest BCUT2D eigenvalue weighted by molar-refractivity contribution is 0.640. The predicted octanol–water partition coefficient (Wildman–Crippen LogP) is 2.15. The number of hydrogen-bond donors (Lipinski definition) is 1. The summed E-state index contributed by atoms with van der Waals surface area (Å²) in [7, 11) is 0. The van der Waals surface area contributed by atoms with Crippen molar-refractivity contribution in [2.24, 2.45) is 0 Å². The van der Waals surface area contributed by atoms with E-state index in [1.165, 1.54) is 19.3 Å². The van der Waals surface area contributed by atoms with Crippen LogP contribution in [0.4, 0.5) is 0 Å². The molecule has 2 rings (SSSR count). The Morgan fingerprint density at radius 1 is 1.41 bits per heavy atom. The third kappa shape index (κ3) is 2.85. The molecular weight excluding hydrogens is 331 g/mol. The molecule has 2 heterocycles. The number of halogens is 1. The molecule has 0 atom stereocenters. The van der Waals surface area contributed by atoms with E-state index < -0.39 is 0 Å². The highest BCUT2D eigenvalue weighted by Gasteiger charge is 2.08. The number of aryl methyl sites for hydroxylation is 1. The standard InChI is InChI=1S/C11H15IN4O/c1-2-3-4-5-6-8-14-11(17)9-10(12)13-7-16(9)15-8/h7H,2-6H2,1H3,(H,14,15,17). The van der Waals surface area contributed by atoms with Crippen molar-refractivity contribution in [1.29, 1.82) is 0 Å². The van der Waals surface area contributed by atoms with Crippen molar-refractivity contribution in [2.75, 3.05) is 0 Å². The van der Waals surface area contributed by atoms with Crippen LogP contribution in [-0.4, -0.2) is 19.6 Å². The summed E-state index contributed by atoms with van der Waals surface area (Å²) in [6.07, 6.45) is 7.09. The summed E-state index contributed by atoms with van der Waals surface area (Å²) in [6, 6.07) is 0. The van der Waals surface area contributed by atoms with Gasteiger partial charge in [0.15, 0.2) is 5.52 Å². The Morgan fingerprint density at radius 3 is 3.00 bits per heavy atom. The predicted molar refractivity (Wildman–Crippen MR) is 74.2 cm³/mol. The first-order valence-corrected chi connectivity index (χ1v) is 6.92. The number of imidazole rings is 1. The van der Waals surface area contributed by atoms with Gasteiger partial charge in [0.2, 0.25) is 0 Å². The molecule has 0 radical (unpaired) electrons. The smallest absolute Gasteiger partial charge is 0.278 e. The highest BCUT2D eigenvalue weighted by Crippen LogP contribution is 2.07. The van der Waals surface area contributed by atoms with E-state index >= 15 is 0 Å². The summed E-state index contributed by atoms with van der Waals surface area (Å²) < 4.78 is 2.25. The molecule has 0 amide bonds. The van der Waals surface area contributed by atoms with Crippen LogP contribution in [0.1, 0.15) is 38.4 Å². The van der Waals surface area contributed by atoms with E-state index in [2.05, 4.69) is 22.0 Å². The lowest BCUT2D eigenvalue weighted by atomic mass is 10.1. The molecule has 92 valence electrons. The van der Waals surface area contributed by atoms with Gasteiger partial charge >= 0.3 is 0 Å². The summed E-state index contributed by atoms with van der Waals surface area (Å²) >= 11 is 2.04. The average molecular weight is 346 g/mol. The molecule has 0 aliphatic rings. The summed E-state index contributed by atoms with van der Waals surface area (Å²) in [6.45, 7) is 2.18. The fourth-order valence-corrected chi connectivity index (χ4v) is 2.39. The molecule has 0 spiro atoms. The number of nitrogens with one attached hydrogen (secondary N) is 1. The molecule has 2 aromatic rings. The third-order valence-electron chi connectivity index (χ3n) is 2.67. The second-order valence-corrected chi connectivity index (χ2v) is 5.06. The second kappa shape index (κ2) is 5.61. The van der Waals surface area contributed by atoms with Crippen molar-refractivity contribution >= 4 is 28.1 Å². The van der Waals surface area contributed by atoms with Crippen LogP contribution in [0.25, 0.3) is 5.52 Å². The zero-order chi connectivity index (χ0) is 12.3. The number of rotatable bonds is 5. The first-order chi connectivity index (χ1) is 8.22. The van der Waals surface area contributed by atoms with Crippen molar-refractivity contribution in [3.63, 3.8) is 0 Å². The van der Waals surface area contributed by atoms with Gasteiger partial charge in [0, 0.05) is 6.42 Å². The first kappa shape index (κ1) is 12.5. The fourth-order valence-electron chi connectivity index (χ4n) is 1.77. The number of unbranched alkanes of at least 4 members (excludes halogenated alkanes) is 3. The van der Waals surface area contributed by atoms with Crippen LogP contribution in [-0.2, 0) is 6.42 Å². The highest BCUT2D eigenvalue weighted by molar-refractivity contribution is 14.1. The van der Waals surface area contributed by atoms with E-state index in [1.54, 1.807) is 10.8 Å². The number of aromatic amines is 1. The molecule has 0 fully saturated rings. The van der Waals surface area contributed by atoms with Gasteiger partial charge in [-0.25, -0.2) is 9.50 Å². The molecule has 6 heteroatoms. The molecule has 1 N–H and O–H groups in total. The Kier molecular flexibility index (Phi) is 4.14. The van der Waals surface area contributed by atoms with Crippen molar-refractivity contribution in [2.45, 2.75) is 39.0 Å². The molecule has 0 aliphatic heterocycles. The number of H-pyrrole nitrogens is 1. The Morgan fingerprint density at radius 2 is 2.24 bits per heavy atom. The van der Waals surface area contributed by atoms with Crippen molar-refractivity contribution in [3.05, 3.63) is 26.2 Å². The quantitative estimate of drug-likeness (QED) is 0.667. The number of fused-ring (bicyclic) bond motifs is 1. The maximum absolute atomic E-state index is 11.8. The van der Waals surface area contributed by atoms with Crippen LogP contribution >= 0.6 is 22.6 Å². The minimum absolute atomic E-state index is 0.104. The SMILES string of the molecule is CCCCCCc1nn2cnc(I)c2c(=O)[nH]1. The van der Waals surface area contributed by atoms with Crippen molar-refractivity contribution in [3.8, 4) is 0 Å². The molecule has 2 aromatic heterocycles. The molecule has 0 aliphatic carbocycles. The Balaban J connectivity index is 2.17. The summed E-state index contributed by atoms with van der Waals surface area (Å²) in [5, 5.41) is 4.35. The summed E-state index contributed by atoms with van der Waals surface area (Å²) in [5.41, 5.74) is 0.426. The normalized spacial score (nSPS) is 11.2. The van der Waals surface area contributed by atoms with Crippen LogP contribution in [0.5, 0.6) is 0 Å². The van der Waals surface area contributed by atoms with Gasteiger partial charge in [-0.2, -0.15) is 5.10 Å². The lowest BCUT2D eigenvalue weighted by Gasteiger charge is -2.01. The zero-order valence-corrected chi connectivity index (χ0v) is 11.9. The third-order valence-corrected chi connectivity index (χ3v) is 3.46. The van der Waals surface area contributed by atoms with E-state index in [0.29, 0.717) is 9.22 Å². The van der Waals surface area contributed by atoms with Crippen molar-refractivity contribution in [1.82, 2.24) is 19.6 Å². The number of hydrogen-bond acceptors (Lipinski definition) is 3. The minimum Gasteiger partial charge on any atom is -0.307 e. The summed E-state index contributed by atoms with van der Waals surface area (Å²) in [5.74, 6) is 0.743. The second-order valence-electron chi connectivity index (χ2n) is 4.04. The van der Waals surface area contributed by atoms with Gasteiger partial charge in [-0.05, 0) is 29.0 Å². The van der Waals surface area contributed by atoms with Gasteiger partial charge in [0.25, 0.3) is 5.56 Å². The van der Waals surface area contributed by atoms with Crippen molar-refractivity contribution < 1.29 is 0 Å². The fraction of sp³-hybridized carbons (Fsp3) is 0.545. The molecular formula is C11H15IN4O. The Labute approximate surface area is 113 Å². The van der Waals surface area contributed by atoms with Gasteiger partial charge in [-0.15, -0.1) is 0 Å². The highest BCUT2D eigenvalue weighted by atomic mass is 127. The van der Waals surface area contributed by atoms with Gasteiger partial charge in [-0.3, -0.25) is 4.79 Å². The van der Waals surface area contributed by atoms with Gasteiger partial charge in [0.05, 0.1) is 0 Å². The van der Waals surface area contributed by atoms with E-state index in [9.17, 15) is 4.79 Å². The Bertz CT molecular complexity index is 560. The molecule has 0 bridgehead atoms. The molecule has 0 aromatic carbocycles. The van der Waals surface area contributed by atoms with Gasteiger partial charge < -0.3 is 4.98 Å². The lowest BCUT2D eigenvalue weighted by Crippen LogP contribution is -2.16. The van der Waals surface area contributed by atoms with E-state index in [1.807, 2.05) is 22.6 Å². The molecule has 5 nitrogen and oxygen atoms in total. The molecule has 0 unspecified atom stereocenters. The topological polar surface area (TPSA) is 63.1 Å². The molecule has 0 saturated heterocycles. The average Bonchev–Trinajstić information content (AvgIpc) is 2.67. The number of nitrogens with zero attached hydrogens (tertiary/aromatic N) is 3. The van der Waals surface area contributed by atoms with Gasteiger partial charge in [0.1, 0.15) is 15.9 Å². The zero-order valence-electron chi connectivity index (χ0n) is 9.74. The summed E-state index contributed by atoms with van der Waals surface area (Å²) in [4.78, 5) is 18.7. The first-order valence-electron chi connectivity index (χ1n) is 5.84. The van der Waals surface area contributed by atoms with Crippen LogP contribution in [0.2, 0.25) is 0 Å².